The minimum Gasteiger partial charge on any atom is -0.444 e. The Labute approximate surface area is 156 Å². The van der Waals surface area contributed by atoms with Gasteiger partial charge in [-0.25, -0.2) is 9.78 Å². The van der Waals surface area contributed by atoms with Crippen LogP contribution in [0.25, 0.3) is 5.57 Å². The Kier molecular flexibility index (Phi) is 5.90. The second-order valence-electron chi connectivity index (χ2n) is 7.68. The average molecular weight is 355 g/mol. The van der Waals surface area contributed by atoms with Gasteiger partial charge in [-0.3, -0.25) is 4.90 Å². The molecular formula is C21H29N3O2. The van der Waals surface area contributed by atoms with Crippen molar-refractivity contribution in [1.82, 2.24) is 14.9 Å². The molecule has 0 radical (unpaired) electrons. The number of imidazole rings is 1. The fraction of sp³-hybridized carbons (Fsp3) is 0.429. The van der Waals surface area contributed by atoms with E-state index in [9.17, 15) is 4.79 Å². The smallest absolute Gasteiger partial charge is 0.410 e. The summed E-state index contributed by atoms with van der Waals surface area (Å²) in [4.78, 5) is 22.0. The summed E-state index contributed by atoms with van der Waals surface area (Å²) in [7, 11) is 0. The van der Waals surface area contributed by atoms with Crippen molar-refractivity contribution in [3.63, 3.8) is 0 Å². The highest BCUT2D eigenvalue weighted by atomic mass is 16.6. The third kappa shape index (κ3) is 4.97. The van der Waals surface area contributed by atoms with Gasteiger partial charge in [0, 0.05) is 6.54 Å². The molecule has 0 aliphatic carbocycles. The summed E-state index contributed by atoms with van der Waals surface area (Å²) >= 11 is 0. The van der Waals surface area contributed by atoms with Crippen LogP contribution in [0.15, 0.2) is 49.2 Å². The van der Waals surface area contributed by atoms with Gasteiger partial charge < -0.3 is 9.72 Å². The maximum absolute atomic E-state index is 12.4. The van der Waals surface area contributed by atoms with Gasteiger partial charge in [0.05, 0.1) is 17.9 Å². The fourth-order valence-electron chi connectivity index (χ4n) is 2.69. The minimum absolute atomic E-state index is 0.0965. The van der Waals surface area contributed by atoms with E-state index < -0.39 is 5.60 Å². The molecular weight excluding hydrogens is 326 g/mol. The third-order valence-corrected chi connectivity index (χ3v) is 4.17. The Morgan fingerprint density at radius 1 is 1.35 bits per heavy atom. The van der Waals surface area contributed by atoms with Crippen LogP contribution in [0.2, 0.25) is 0 Å². The quantitative estimate of drug-likeness (QED) is 0.740. The van der Waals surface area contributed by atoms with Crippen molar-refractivity contribution in [2.45, 2.75) is 52.2 Å². The number of ether oxygens (including phenoxy) is 1. The van der Waals surface area contributed by atoms with Crippen molar-refractivity contribution in [2.24, 2.45) is 0 Å². The van der Waals surface area contributed by atoms with Crippen LogP contribution in [0.1, 0.15) is 58.1 Å². The highest BCUT2D eigenvalue weighted by molar-refractivity contribution is 5.71. The number of hydrogen-bond donors (Lipinski definition) is 1. The lowest BCUT2D eigenvalue weighted by Gasteiger charge is -2.27. The van der Waals surface area contributed by atoms with E-state index in [1.807, 2.05) is 39.8 Å². The van der Waals surface area contributed by atoms with E-state index in [0.29, 0.717) is 6.54 Å². The van der Waals surface area contributed by atoms with E-state index in [0.717, 1.165) is 41.1 Å². The Hall–Kier alpha value is -2.56. The first-order chi connectivity index (χ1) is 12.1. The molecule has 2 rings (SSSR count). The average Bonchev–Trinajstić information content (AvgIpc) is 3.18. The van der Waals surface area contributed by atoms with E-state index in [4.69, 9.17) is 4.74 Å². The summed E-state index contributed by atoms with van der Waals surface area (Å²) in [6.07, 6.45) is 7.01. The maximum Gasteiger partial charge on any atom is 0.410 e. The number of H-pyrrole nitrogens is 1. The second-order valence-corrected chi connectivity index (χ2v) is 7.68. The van der Waals surface area contributed by atoms with Crippen molar-refractivity contribution in [3.8, 4) is 0 Å². The van der Waals surface area contributed by atoms with Gasteiger partial charge in [0.25, 0.3) is 0 Å². The van der Waals surface area contributed by atoms with Crippen LogP contribution in [-0.4, -0.2) is 33.1 Å². The number of likely N-dealkylation sites (tertiary alicyclic amines) is 1. The summed E-state index contributed by atoms with van der Waals surface area (Å²) in [5, 5.41) is 0. The fourth-order valence-corrected chi connectivity index (χ4v) is 2.69. The Morgan fingerprint density at radius 3 is 2.65 bits per heavy atom. The van der Waals surface area contributed by atoms with Crippen LogP contribution in [0.5, 0.6) is 0 Å². The third-order valence-electron chi connectivity index (χ3n) is 4.17. The first-order valence-electron chi connectivity index (χ1n) is 8.85. The number of nitrogens with zero attached hydrogens (tertiary/aromatic N) is 2. The topological polar surface area (TPSA) is 58.2 Å². The van der Waals surface area contributed by atoms with Gasteiger partial charge >= 0.3 is 6.09 Å². The Bertz CT molecular complexity index is 750. The van der Waals surface area contributed by atoms with E-state index in [2.05, 4.69) is 29.7 Å². The van der Waals surface area contributed by atoms with Gasteiger partial charge in [0.1, 0.15) is 11.4 Å². The van der Waals surface area contributed by atoms with E-state index >= 15 is 0 Å². The zero-order valence-corrected chi connectivity index (χ0v) is 16.3. The van der Waals surface area contributed by atoms with E-state index in [1.165, 1.54) is 0 Å². The van der Waals surface area contributed by atoms with Crippen molar-refractivity contribution in [3.05, 3.63) is 60.8 Å². The molecule has 1 saturated heterocycles. The zero-order chi connectivity index (χ0) is 19.5. The van der Waals surface area contributed by atoms with Gasteiger partial charge in [0.15, 0.2) is 0 Å². The first-order valence-corrected chi connectivity index (χ1v) is 8.85. The number of amides is 1. The number of carbonyl (C=O) groups excluding carboxylic acids is 1. The molecule has 1 aromatic rings. The predicted octanol–water partition coefficient (Wildman–Crippen LogP) is 5.18. The monoisotopic (exact) mass is 355 g/mol. The highest BCUT2D eigenvalue weighted by Crippen LogP contribution is 2.32. The first kappa shape index (κ1) is 19.8. The molecule has 140 valence electrons. The molecule has 0 aromatic carbocycles. The van der Waals surface area contributed by atoms with Crippen molar-refractivity contribution < 1.29 is 9.53 Å². The molecule has 1 fully saturated rings. The standard InChI is InChI=1S/C21H29N3O2/c1-14(2)15(3)10-11-16(4)17-13-22-19(23-17)18-9-8-12-24(18)20(25)26-21(5,6)7/h10-11,13,18H,1,3-4,8-9,12H2,2,5-7H3,(H,22,23)/b11-10-. The molecule has 5 nitrogen and oxygen atoms in total. The predicted molar refractivity (Wildman–Crippen MR) is 106 cm³/mol. The minimum atomic E-state index is -0.511. The van der Waals surface area contributed by atoms with Gasteiger partial charge in [0.2, 0.25) is 0 Å². The molecule has 1 unspecified atom stereocenters. The van der Waals surface area contributed by atoms with Crippen molar-refractivity contribution in [1.29, 1.82) is 0 Å². The Morgan fingerprint density at radius 2 is 2.04 bits per heavy atom. The largest absolute Gasteiger partial charge is 0.444 e. The van der Waals surface area contributed by atoms with Crippen LogP contribution in [0, 0.1) is 0 Å². The number of aromatic amines is 1. The number of aromatic nitrogens is 2. The summed E-state index contributed by atoms with van der Waals surface area (Å²) in [6, 6.07) is -0.0965. The SMILES string of the molecule is C=C(C)C(=C)/C=C\C(=C)c1cnc(C2CCCN2C(=O)OC(C)(C)C)[nH]1. The lowest BCUT2D eigenvalue weighted by Crippen LogP contribution is -2.36. The number of nitrogens with one attached hydrogen (secondary N) is 1. The molecule has 0 saturated carbocycles. The number of rotatable bonds is 5. The number of allylic oxidation sites excluding steroid dienone is 5. The van der Waals surface area contributed by atoms with Crippen LogP contribution < -0.4 is 0 Å². The van der Waals surface area contributed by atoms with Gasteiger partial charge in [-0.2, -0.15) is 0 Å². The van der Waals surface area contributed by atoms with Gasteiger partial charge in [-0.1, -0.05) is 37.5 Å². The second kappa shape index (κ2) is 7.77. The van der Waals surface area contributed by atoms with Crippen molar-refractivity contribution >= 4 is 11.7 Å². The van der Waals surface area contributed by atoms with Crippen LogP contribution in [-0.2, 0) is 4.74 Å². The lowest BCUT2D eigenvalue weighted by molar-refractivity contribution is 0.0218. The molecule has 1 aromatic heterocycles. The Balaban J connectivity index is 2.10. The van der Waals surface area contributed by atoms with E-state index in [-0.39, 0.29) is 12.1 Å². The summed E-state index contributed by atoms with van der Waals surface area (Å²) in [5.74, 6) is 0.761. The van der Waals surface area contributed by atoms with Crippen LogP contribution in [0.3, 0.4) is 0 Å². The van der Waals surface area contributed by atoms with Gasteiger partial charge in [-0.15, -0.1) is 0 Å². The number of hydrogen-bond acceptors (Lipinski definition) is 3. The van der Waals surface area contributed by atoms with Gasteiger partial charge in [-0.05, 0) is 51.7 Å². The molecule has 0 spiro atoms. The molecule has 1 aliphatic heterocycles. The van der Waals surface area contributed by atoms with Crippen molar-refractivity contribution in [2.75, 3.05) is 6.54 Å². The summed E-state index contributed by atoms with van der Waals surface area (Å²) in [6.45, 7) is 20.1. The molecule has 1 aliphatic rings. The molecule has 1 atom stereocenters. The normalized spacial score (nSPS) is 17.5. The molecule has 0 bridgehead atoms. The molecule has 2 heterocycles. The van der Waals surface area contributed by atoms with Crippen LogP contribution >= 0.6 is 0 Å². The number of carbonyl (C=O) groups is 1. The lowest BCUT2D eigenvalue weighted by atomic mass is 10.1. The zero-order valence-electron chi connectivity index (χ0n) is 16.3. The van der Waals surface area contributed by atoms with E-state index in [1.54, 1.807) is 11.1 Å². The summed E-state index contributed by atoms with van der Waals surface area (Å²) in [5.41, 5.74) is 2.88. The van der Waals surface area contributed by atoms with Crippen LogP contribution in [0.4, 0.5) is 4.79 Å². The molecule has 5 heteroatoms. The molecule has 26 heavy (non-hydrogen) atoms. The highest BCUT2D eigenvalue weighted by Gasteiger charge is 2.34. The molecule has 1 N–H and O–H groups in total. The molecule has 1 amide bonds. The maximum atomic E-state index is 12.4. The summed E-state index contributed by atoms with van der Waals surface area (Å²) < 4.78 is 5.51.